The number of carbonyl (C=O) groups is 1. The summed E-state index contributed by atoms with van der Waals surface area (Å²) in [5.74, 6) is 1.15. The molecule has 0 aliphatic carbocycles. The average molecular weight is 288 g/mol. The minimum Gasteiger partial charge on any atom is -0.372 e. The van der Waals surface area contributed by atoms with Crippen LogP contribution in [0.4, 0.5) is 0 Å². The van der Waals surface area contributed by atoms with E-state index in [1.807, 2.05) is 0 Å². The zero-order chi connectivity index (χ0) is 13.9. The van der Waals surface area contributed by atoms with Crippen LogP contribution < -0.4 is 10.6 Å². The lowest BCUT2D eigenvalue weighted by molar-refractivity contribution is -0.123. The van der Waals surface area contributed by atoms with Crippen molar-refractivity contribution < 1.29 is 9.53 Å². The first-order valence-corrected chi connectivity index (χ1v) is 8.79. The Bertz CT molecular complexity index is 248. The fourth-order valence-electron chi connectivity index (χ4n) is 1.91. The molecular formula is C14H28N2O2S. The van der Waals surface area contributed by atoms with Crippen LogP contribution >= 0.6 is 11.8 Å². The lowest BCUT2D eigenvalue weighted by atomic mass is 10.2. The largest absolute Gasteiger partial charge is 0.372 e. The number of nitrogens with one attached hydrogen (secondary N) is 2. The Labute approximate surface area is 121 Å². The molecule has 5 heteroatoms. The van der Waals surface area contributed by atoms with Crippen LogP contribution in [0.5, 0.6) is 0 Å². The van der Waals surface area contributed by atoms with Crippen LogP contribution in [0.3, 0.4) is 0 Å². The molecule has 0 aromatic carbocycles. The van der Waals surface area contributed by atoms with Crippen molar-refractivity contribution in [3.8, 4) is 0 Å². The number of carbonyl (C=O) groups excluding carboxylic acids is 1. The van der Waals surface area contributed by atoms with E-state index in [1.54, 1.807) is 11.8 Å². The third-order valence-corrected chi connectivity index (χ3v) is 3.89. The highest BCUT2D eigenvalue weighted by Gasteiger charge is 2.25. The molecule has 0 aromatic heterocycles. The van der Waals surface area contributed by atoms with Gasteiger partial charge in [0.05, 0.1) is 18.8 Å². The lowest BCUT2D eigenvalue weighted by Crippen LogP contribution is -2.46. The molecule has 4 nitrogen and oxygen atoms in total. The van der Waals surface area contributed by atoms with Crippen LogP contribution in [0.1, 0.15) is 39.0 Å². The predicted molar refractivity (Wildman–Crippen MR) is 81.7 cm³/mol. The third-order valence-electron chi connectivity index (χ3n) is 3.25. The Balaban J connectivity index is 2.16. The smallest absolute Gasteiger partial charge is 0.237 e. The Morgan fingerprint density at radius 3 is 2.84 bits per heavy atom. The standard InChI is InChI=1S/C14H28N2O2S/c1-3-4-5-6-8-15-14(17)13(7-9-19-2)16-10-12-11-18-12/h12-13,16H,3-11H2,1-2H3,(H,15,17)/t12-,13+/m1/s1. The van der Waals surface area contributed by atoms with Crippen molar-refractivity contribution in [3.63, 3.8) is 0 Å². The van der Waals surface area contributed by atoms with E-state index in [0.29, 0.717) is 6.10 Å². The average Bonchev–Trinajstić information content (AvgIpc) is 3.22. The minimum atomic E-state index is -0.0668. The molecule has 2 atom stereocenters. The summed E-state index contributed by atoms with van der Waals surface area (Å²) in [6, 6.07) is -0.0668. The normalized spacial score (nSPS) is 19.2. The number of rotatable bonds is 12. The summed E-state index contributed by atoms with van der Waals surface area (Å²) in [4.78, 5) is 12.1. The van der Waals surface area contributed by atoms with Crippen LogP contribution in [0, 0.1) is 0 Å². The van der Waals surface area contributed by atoms with Gasteiger partial charge >= 0.3 is 0 Å². The maximum atomic E-state index is 12.1. The van der Waals surface area contributed by atoms with Crippen molar-refractivity contribution >= 4 is 17.7 Å². The second kappa shape index (κ2) is 10.5. The molecule has 0 saturated carbocycles. The van der Waals surface area contributed by atoms with E-state index in [9.17, 15) is 4.79 Å². The summed E-state index contributed by atoms with van der Waals surface area (Å²) in [5, 5.41) is 6.36. The SMILES string of the molecule is CCCCCCNC(=O)[C@H](CCSC)NC[C@@H]1CO1. The predicted octanol–water partition coefficient (Wildman–Crippen LogP) is 1.79. The van der Waals surface area contributed by atoms with E-state index in [2.05, 4.69) is 23.8 Å². The zero-order valence-corrected chi connectivity index (χ0v) is 13.1. The second-order valence-corrected chi connectivity index (χ2v) is 6.03. The maximum absolute atomic E-state index is 12.1. The minimum absolute atomic E-state index is 0.0668. The third kappa shape index (κ3) is 8.50. The molecule has 1 fully saturated rings. The van der Waals surface area contributed by atoms with Gasteiger partial charge in [0.1, 0.15) is 0 Å². The van der Waals surface area contributed by atoms with Gasteiger partial charge in [-0.3, -0.25) is 4.79 Å². The van der Waals surface area contributed by atoms with Gasteiger partial charge in [-0.2, -0.15) is 11.8 Å². The zero-order valence-electron chi connectivity index (χ0n) is 12.2. The molecule has 1 amide bonds. The molecule has 0 radical (unpaired) electrons. The lowest BCUT2D eigenvalue weighted by Gasteiger charge is -2.17. The molecule has 2 N–H and O–H groups in total. The first kappa shape index (κ1) is 16.8. The Morgan fingerprint density at radius 1 is 1.42 bits per heavy atom. The molecule has 1 heterocycles. The molecule has 0 bridgehead atoms. The van der Waals surface area contributed by atoms with Gasteiger partial charge in [-0.05, 0) is 24.9 Å². The van der Waals surface area contributed by atoms with E-state index >= 15 is 0 Å². The van der Waals surface area contributed by atoms with Crippen molar-refractivity contribution in [2.45, 2.75) is 51.2 Å². The van der Waals surface area contributed by atoms with Crippen molar-refractivity contribution in [3.05, 3.63) is 0 Å². The van der Waals surface area contributed by atoms with Gasteiger partial charge in [0.25, 0.3) is 0 Å². The number of unbranched alkanes of at least 4 members (excludes halogenated alkanes) is 3. The van der Waals surface area contributed by atoms with Crippen LogP contribution in [0.2, 0.25) is 0 Å². The molecule has 0 aromatic rings. The van der Waals surface area contributed by atoms with Gasteiger partial charge in [-0.1, -0.05) is 26.2 Å². The van der Waals surface area contributed by atoms with Gasteiger partial charge in [-0.15, -0.1) is 0 Å². The van der Waals surface area contributed by atoms with Crippen LogP contribution in [-0.4, -0.2) is 49.8 Å². The molecule has 112 valence electrons. The van der Waals surface area contributed by atoms with Crippen LogP contribution in [-0.2, 0) is 9.53 Å². The quantitative estimate of drug-likeness (QED) is 0.425. The summed E-state index contributed by atoms with van der Waals surface area (Å²) in [6.45, 7) is 4.63. The maximum Gasteiger partial charge on any atom is 0.237 e. The molecule has 1 aliphatic rings. The van der Waals surface area contributed by atoms with Crippen molar-refractivity contribution in [2.75, 3.05) is 31.7 Å². The summed E-state index contributed by atoms with van der Waals surface area (Å²) < 4.78 is 5.17. The Morgan fingerprint density at radius 2 is 2.21 bits per heavy atom. The molecule has 1 rings (SSSR count). The van der Waals surface area contributed by atoms with E-state index in [4.69, 9.17) is 4.74 Å². The highest BCUT2D eigenvalue weighted by Crippen LogP contribution is 2.08. The first-order chi connectivity index (χ1) is 9.27. The Hall–Kier alpha value is -0.260. The number of ether oxygens (including phenoxy) is 1. The number of hydrogen-bond acceptors (Lipinski definition) is 4. The first-order valence-electron chi connectivity index (χ1n) is 7.39. The highest BCUT2D eigenvalue weighted by atomic mass is 32.2. The summed E-state index contributed by atoms with van der Waals surface area (Å²) in [5.41, 5.74) is 0. The molecule has 19 heavy (non-hydrogen) atoms. The Kier molecular flexibility index (Phi) is 9.30. The van der Waals surface area contributed by atoms with Gasteiger partial charge in [-0.25, -0.2) is 0 Å². The monoisotopic (exact) mass is 288 g/mol. The highest BCUT2D eigenvalue weighted by molar-refractivity contribution is 7.98. The van der Waals surface area contributed by atoms with Crippen LogP contribution in [0.25, 0.3) is 0 Å². The van der Waals surface area contributed by atoms with Gasteiger partial charge in [0.15, 0.2) is 0 Å². The number of thioether (sulfide) groups is 1. The molecular weight excluding hydrogens is 260 g/mol. The molecule has 0 spiro atoms. The summed E-state index contributed by atoms with van der Waals surface area (Å²) in [6.07, 6.45) is 8.05. The van der Waals surface area contributed by atoms with E-state index in [0.717, 1.165) is 38.3 Å². The van der Waals surface area contributed by atoms with E-state index in [-0.39, 0.29) is 11.9 Å². The second-order valence-electron chi connectivity index (χ2n) is 5.05. The van der Waals surface area contributed by atoms with Gasteiger partial charge in [0.2, 0.25) is 5.91 Å². The van der Waals surface area contributed by atoms with Crippen molar-refractivity contribution in [1.29, 1.82) is 0 Å². The van der Waals surface area contributed by atoms with E-state index < -0.39 is 0 Å². The molecule has 0 unspecified atom stereocenters. The van der Waals surface area contributed by atoms with Gasteiger partial charge < -0.3 is 15.4 Å². The van der Waals surface area contributed by atoms with Gasteiger partial charge in [0, 0.05) is 13.1 Å². The topological polar surface area (TPSA) is 53.7 Å². The summed E-state index contributed by atoms with van der Waals surface area (Å²) in [7, 11) is 0. The number of epoxide rings is 1. The van der Waals surface area contributed by atoms with E-state index in [1.165, 1.54) is 19.3 Å². The molecule has 1 saturated heterocycles. The number of amides is 1. The fourth-order valence-corrected chi connectivity index (χ4v) is 2.38. The van der Waals surface area contributed by atoms with Crippen LogP contribution in [0.15, 0.2) is 0 Å². The molecule has 1 aliphatic heterocycles. The fraction of sp³-hybridized carbons (Fsp3) is 0.929. The number of hydrogen-bond donors (Lipinski definition) is 2. The van der Waals surface area contributed by atoms with Crippen molar-refractivity contribution in [2.24, 2.45) is 0 Å². The summed E-state index contributed by atoms with van der Waals surface area (Å²) >= 11 is 1.78. The van der Waals surface area contributed by atoms with Crippen molar-refractivity contribution in [1.82, 2.24) is 10.6 Å².